The molecule has 0 fully saturated rings. The Bertz CT molecular complexity index is 969. The predicted octanol–water partition coefficient (Wildman–Crippen LogP) is 3.50. The number of ether oxygens (including phenoxy) is 1. The van der Waals surface area contributed by atoms with E-state index in [4.69, 9.17) is 9.15 Å². The summed E-state index contributed by atoms with van der Waals surface area (Å²) in [6, 6.07) is 9.37. The number of carbonyl (C=O) groups excluding carboxylic acids is 1. The van der Waals surface area contributed by atoms with Crippen LogP contribution in [-0.4, -0.2) is 17.1 Å². The minimum absolute atomic E-state index is 0.0184. The molecule has 0 unspecified atom stereocenters. The second-order valence-electron chi connectivity index (χ2n) is 6.11. The number of aromatic nitrogens is 1. The maximum Gasteiger partial charge on any atom is 0.262 e. The van der Waals surface area contributed by atoms with E-state index in [0.717, 1.165) is 10.9 Å². The molecule has 1 amide bonds. The highest BCUT2D eigenvalue weighted by Crippen LogP contribution is 2.26. The number of anilines is 1. The molecule has 3 rings (SSSR count). The highest BCUT2D eigenvalue weighted by Gasteiger charge is 2.11. The minimum atomic E-state index is -0.343. The zero-order valence-electron chi connectivity index (χ0n) is 14.4. The van der Waals surface area contributed by atoms with Gasteiger partial charge in [0.25, 0.3) is 5.91 Å². The van der Waals surface area contributed by atoms with Gasteiger partial charge in [0.2, 0.25) is 11.2 Å². The van der Waals surface area contributed by atoms with E-state index in [9.17, 15) is 9.59 Å². The van der Waals surface area contributed by atoms with Crippen molar-refractivity contribution in [1.29, 1.82) is 0 Å². The van der Waals surface area contributed by atoms with Crippen molar-refractivity contribution < 1.29 is 13.9 Å². The van der Waals surface area contributed by atoms with Crippen molar-refractivity contribution in [2.24, 2.45) is 0 Å². The van der Waals surface area contributed by atoms with Gasteiger partial charge in [-0.3, -0.25) is 9.59 Å². The van der Waals surface area contributed by atoms with Crippen LogP contribution in [0.15, 0.2) is 52.0 Å². The summed E-state index contributed by atoms with van der Waals surface area (Å²) in [7, 11) is 0. The number of aryl methyl sites for hydroxylation is 1. The first-order valence-electron chi connectivity index (χ1n) is 8.07. The summed E-state index contributed by atoms with van der Waals surface area (Å²) in [5.74, 6) is 0.165. The quantitative estimate of drug-likeness (QED) is 0.771. The molecular weight excluding hydrogens is 320 g/mol. The van der Waals surface area contributed by atoms with Gasteiger partial charge in [-0.1, -0.05) is 6.07 Å². The Morgan fingerprint density at radius 1 is 1.32 bits per heavy atom. The molecule has 0 aliphatic rings. The molecule has 3 aromatic rings. The van der Waals surface area contributed by atoms with Crippen LogP contribution >= 0.6 is 0 Å². The second kappa shape index (κ2) is 6.84. The zero-order chi connectivity index (χ0) is 18.0. The molecule has 0 aliphatic heterocycles. The van der Waals surface area contributed by atoms with E-state index >= 15 is 0 Å². The molecule has 0 aliphatic carbocycles. The van der Waals surface area contributed by atoms with Gasteiger partial charge in [0.05, 0.1) is 11.2 Å². The van der Waals surface area contributed by atoms with Crippen LogP contribution < -0.4 is 15.5 Å². The van der Waals surface area contributed by atoms with Crippen molar-refractivity contribution in [3.63, 3.8) is 0 Å². The highest BCUT2D eigenvalue weighted by atomic mass is 16.5. The second-order valence-corrected chi connectivity index (χ2v) is 6.11. The molecule has 6 nitrogen and oxygen atoms in total. The van der Waals surface area contributed by atoms with Gasteiger partial charge < -0.3 is 19.0 Å². The minimum Gasteiger partial charge on any atom is -0.477 e. The van der Waals surface area contributed by atoms with E-state index in [0.29, 0.717) is 17.5 Å². The van der Waals surface area contributed by atoms with Gasteiger partial charge in [-0.05, 0) is 39.0 Å². The Balaban J connectivity index is 1.73. The van der Waals surface area contributed by atoms with Crippen LogP contribution in [0.2, 0.25) is 0 Å². The number of hydrogen-bond acceptors (Lipinski definition) is 4. The lowest BCUT2D eigenvalue weighted by Crippen LogP contribution is -2.22. The van der Waals surface area contributed by atoms with Crippen LogP contribution in [0.5, 0.6) is 5.75 Å². The van der Waals surface area contributed by atoms with Crippen LogP contribution in [0.4, 0.5) is 5.69 Å². The van der Waals surface area contributed by atoms with Crippen LogP contribution in [0.3, 0.4) is 0 Å². The summed E-state index contributed by atoms with van der Waals surface area (Å²) in [6.45, 7) is 5.61. The Morgan fingerprint density at radius 3 is 2.84 bits per heavy atom. The summed E-state index contributed by atoms with van der Waals surface area (Å²) in [4.78, 5) is 23.9. The van der Waals surface area contributed by atoms with Gasteiger partial charge in [-0.15, -0.1) is 0 Å². The molecule has 0 bridgehead atoms. The number of nitrogens with zero attached hydrogens (tertiary/aromatic N) is 1. The normalized spacial score (nSPS) is 11.0. The van der Waals surface area contributed by atoms with E-state index < -0.39 is 0 Å². The lowest BCUT2D eigenvalue weighted by Gasteiger charge is -2.11. The molecular formula is C19H20N2O4. The zero-order valence-corrected chi connectivity index (χ0v) is 14.4. The van der Waals surface area contributed by atoms with Crippen molar-refractivity contribution in [2.45, 2.75) is 26.8 Å². The molecule has 1 aromatic carbocycles. The monoisotopic (exact) mass is 340 g/mol. The van der Waals surface area contributed by atoms with Crippen molar-refractivity contribution in [3.8, 4) is 5.75 Å². The van der Waals surface area contributed by atoms with Crippen molar-refractivity contribution in [1.82, 2.24) is 4.57 Å². The van der Waals surface area contributed by atoms with Gasteiger partial charge in [-0.25, -0.2) is 0 Å². The lowest BCUT2D eigenvalue weighted by atomic mass is 10.2. The molecule has 6 heteroatoms. The third-order valence-corrected chi connectivity index (χ3v) is 3.88. The van der Waals surface area contributed by atoms with E-state index in [1.165, 1.54) is 12.3 Å². The van der Waals surface area contributed by atoms with E-state index in [2.05, 4.69) is 23.7 Å². The maximum atomic E-state index is 12.2. The van der Waals surface area contributed by atoms with Crippen LogP contribution in [0, 0.1) is 6.92 Å². The fourth-order valence-electron chi connectivity index (χ4n) is 2.68. The summed E-state index contributed by atoms with van der Waals surface area (Å²) < 4.78 is 12.5. The number of amides is 1. The molecule has 2 heterocycles. The molecule has 0 saturated carbocycles. The summed E-state index contributed by atoms with van der Waals surface area (Å²) >= 11 is 0. The van der Waals surface area contributed by atoms with E-state index in [-0.39, 0.29) is 23.7 Å². The van der Waals surface area contributed by atoms with E-state index in [1.807, 2.05) is 30.5 Å². The largest absolute Gasteiger partial charge is 0.477 e. The van der Waals surface area contributed by atoms with Gasteiger partial charge in [0.1, 0.15) is 12.0 Å². The predicted molar refractivity (Wildman–Crippen MR) is 96.2 cm³/mol. The standard InChI is InChI=1S/C19H20N2O4/c1-12(2)21-8-7-14-15(5-4-6-16(14)21)20-19(23)11-25-18-10-24-13(3)9-17(18)22/h4-10,12H,11H2,1-3H3,(H,20,23). The molecule has 0 spiro atoms. The first kappa shape index (κ1) is 16.8. The average molecular weight is 340 g/mol. The van der Waals surface area contributed by atoms with Gasteiger partial charge in [-0.2, -0.15) is 0 Å². The number of carbonyl (C=O) groups is 1. The number of rotatable bonds is 5. The average Bonchev–Trinajstić information content (AvgIpc) is 2.99. The topological polar surface area (TPSA) is 73.5 Å². The Morgan fingerprint density at radius 2 is 2.12 bits per heavy atom. The molecule has 0 saturated heterocycles. The Labute approximate surface area is 145 Å². The summed E-state index contributed by atoms with van der Waals surface area (Å²) in [5, 5.41) is 3.79. The third kappa shape index (κ3) is 3.57. The first-order valence-corrected chi connectivity index (χ1v) is 8.07. The molecule has 0 atom stereocenters. The fourth-order valence-corrected chi connectivity index (χ4v) is 2.68. The smallest absolute Gasteiger partial charge is 0.262 e. The highest BCUT2D eigenvalue weighted by molar-refractivity contribution is 6.02. The number of benzene rings is 1. The van der Waals surface area contributed by atoms with Crippen LogP contribution in [0.1, 0.15) is 25.6 Å². The van der Waals surface area contributed by atoms with Crippen molar-refractivity contribution in [2.75, 3.05) is 11.9 Å². The Hall–Kier alpha value is -3.02. The fraction of sp³-hybridized carbons (Fsp3) is 0.263. The van der Waals surface area contributed by atoms with Crippen LogP contribution in [-0.2, 0) is 4.79 Å². The molecule has 1 N–H and O–H groups in total. The molecule has 2 aromatic heterocycles. The number of hydrogen-bond donors (Lipinski definition) is 1. The third-order valence-electron chi connectivity index (χ3n) is 3.88. The molecule has 130 valence electrons. The SMILES string of the molecule is Cc1cc(=O)c(OCC(=O)Nc2cccc3c2ccn3C(C)C)co1. The van der Waals surface area contributed by atoms with Gasteiger partial charge >= 0.3 is 0 Å². The van der Waals surface area contributed by atoms with Gasteiger partial charge in [0.15, 0.2) is 6.61 Å². The maximum absolute atomic E-state index is 12.2. The van der Waals surface area contributed by atoms with E-state index in [1.54, 1.807) is 6.92 Å². The van der Waals surface area contributed by atoms with Gasteiger partial charge in [0, 0.05) is 23.7 Å². The lowest BCUT2D eigenvalue weighted by molar-refractivity contribution is -0.118. The summed E-state index contributed by atoms with van der Waals surface area (Å²) in [5.41, 5.74) is 1.45. The van der Waals surface area contributed by atoms with Crippen molar-refractivity contribution in [3.05, 3.63) is 58.8 Å². The van der Waals surface area contributed by atoms with Crippen molar-refractivity contribution >= 4 is 22.5 Å². The van der Waals surface area contributed by atoms with Crippen LogP contribution in [0.25, 0.3) is 10.9 Å². The number of fused-ring (bicyclic) bond motifs is 1. The molecule has 25 heavy (non-hydrogen) atoms. The Kier molecular flexibility index (Phi) is 4.61. The molecule has 0 radical (unpaired) electrons. The first-order chi connectivity index (χ1) is 12.0. The summed E-state index contributed by atoms with van der Waals surface area (Å²) in [6.07, 6.45) is 3.22. The number of nitrogens with one attached hydrogen (secondary N) is 1.